The summed E-state index contributed by atoms with van der Waals surface area (Å²) in [5.41, 5.74) is 3.04. The lowest BCUT2D eigenvalue weighted by Gasteiger charge is -2.31. The van der Waals surface area contributed by atoms with Crippen LogP contribution < -0.4 is 5.32 Å². The molecule has 0 radical (unpaired) electrons. The SMILES string of the molecule is CC[C@H](C(=O)NCC(C)C)N(Cc1ccccc1C)C(=O)CSCc1ccc([N+](=O)[O-])cc1. The van der Waals surface area contributed by atoms with Gasteiger partial charge in [-0.25, -0.2) is 0 Å². The molecule has 0 aromatic heterocycles. The molecular formula is C25H33N3O4S. The summed E-state index contributed by atoms with van der Waals surface area (Å²) < 4.78 is 0. The summed E-state index contributed by atoms with van der Waals surface area (Å²) in [7, 11) is 0. The van der Waals surface area contributed by atoms with Crippen LogP contribution >= 0.6 is 11.8 Å². The fraction of sp³-hybridized carbons (Fsp3) is 0.440. The molecule has 0 heterocycles. The second-order valence-electron chi connectivity index (χ2n) is 8.43. The highest BCUT2D eigenvalue weighted by atomic mass is 32.2. The Labute approximate surface area is 200 Å². The average molecular weight is 472 g/mol. The van der Waals surface area contributed by atoms with E-state index in [9.17, 15) is 19.7 Å². The molecule has 0 bridgehead atoms. The van der Waals surface area contributed by atoms with Crippen molar-refractivity contribution in [2.75, 3.05) is 12.3 Å². The molecule has 7 nitrogen and oxygen atoms in total. The van der Waals surface area contributed by atoms with E-state index in [1.807, 2.05) is 52.0 Å². The van der Waals surface area contributed by atoms with Gasteiger partial charge in [0.25, 0.3) is 5.69 Å². The molecule has 1 N–H and O–H groups in total. The third-order valence-electron chi connectivity index (χ3n) is 5.31. The summed E-state index contributed by atoms with van der Waals surface area (Å²) in [5, 5.41) is 13.8. The number of nitro benzene ring substituents is 1. The van der Waals surface area contributed by atoms with E-state index in [-0.39, 0.29) is 23.3 Å². The Bertz CT molecular complexity index is 947. The zero-order valence-electron chi connectivity index (χ0n) is 19.7. The zero-order valence-corrected chi connectivity index (χ0v) is 20.6. The third kappa shape index (κ3) is 8.20. The van der Waals surface area contributed by atoms with Crippen molar-refractivity contribution < 1.29 is 14.5 Å². The number of hydrogen-bond donors (Lipinski definition) is 1. The number of amides is 2. The maximum absolute atomic E-state index is 13.3. The number of aryl methyl sites for hydroxylation is 1. The van der Waals surface area contributed by atoms with Gasteiger partial charge in [-0.3, -0.25) is 19.7 Å². The molecule has 0 aliphatic carbocycles. The van der Waals surface area contributed by atoms with Gasteiger partial charge in [-0.2, -0.15) is 0 Å². The zero-order chi connectivity index (χ0) is 24.4. The van der Waals surface area contributed by atoms with Crippen LogP contribution in [-0.4, -0.2) is 40.0 Å². The van der Waals surface area contributed by atoms with Crippen LogP contribution in [0.2, 0.25) is 0 Å². The van der Waals surface area contributed by atoms with Crippen LogP contribution in [0.3, 0.4) is 0 Å². The van der Waals surface area contributed by atoms with Crippen molar-refractivity contribution in [1.29, 1.82) is 0 Å². The van der Waals surface area contributed by atoms with Gasteiger partial charge in [0.05, 0.1) is 10.7 Å². The van der Waals surface area contributed by atoms with Crippen molar-refractivity contribution >= 4 is 29.3 Å². The van der Waals surface area contributed by atoms with Crippen molar-refractivity contribution in [2.45, 2.75) is 52.5 Å². The highest BCUT2D eigenvalue weighted by Gasteiger charge is 2.28. The Morgan fingerprint density at radius 2 is 1.79 bits per heavy atom. The molecule has 0 saturated heterocycles. The minimum atomic E-state index is -0.546. The molecule has 0 aliphatic rings. The van der Waals surface area contributed by atoms with E-state index >= 15 is 0 Å². The first kappa shape index (κ1) is 26.4. The first-order valence-corrected chi connectivity index (χ1v) is 12.3. The lowest BCUT2D eigenvalue weighted by molar-refractivity contribution is -0.384. The Balaban J connectivity index is 2.11. The number of nitro groups is 1. The summed E-state index contributed by atoms with van der Waals surface area (Å²) >= 11 is 1.44. The van der Waals surface area contributed by atoms with E-state index in [2.05, 4.69) is 5.32 Å². The number of nitrogens with zero attached hydrogens (tertiary/aromatic N) is 2. The van der Waals surface area contributed by atoms with Crippen molar-refractivity contribution in [2.24, 2.45) is 5.92 Å². The summed E-state index contributed by atoms with van der Waals surface area (Å²) in [4.78, 5) is 38.2. The highest BCUT2D eigenvalue weighted by Crippen LogP contribution is 2.20. The number of thioether (sulfide) groups is 1. The van der Waals surface area contributed by atoms with E-state index in [0.29, 0.717) is 31.2 Å². The Morgan fingerprint density at radius 3 is 2.36 bits per heavy atom. The van der Waals surface area contributed by atoms with Crippen LogP contribution in [0.25, 0.3) is 0 Å². The molecule has 0 saturated carbocycles. The number of carbonyl (C=O) groups excluding carboxylic acids is 2. The van der Waals surface area contributed by atoms with Crippen LogP contribution in [-0.2, 0) is 21.9 Å². The number of carbonyl (C=O) groups is 2. The molecule has 0 fully saturated rings. The predicted octanol–water partition coefficient (Wildman–Crippen LogP) is 4.72. The van der Waals surface area contributed by atoms with Crippen molar-refractivity contribution in [3.8, 4) is 0 Å². The van der Waals surface area contributed by atoms with Crippen molar-refractivity contribution in [1.82, 2.24) is 10.2 Å². The molecule has 0 aliphatic heterocycles. The summed E-state index contributed by atoms with van der Waals surface area (Å²) in [6.07, 6.45) is 0.522. The molecule has 2 aromatic carbocycles. The maximum Gasteiger partial charge on any atom is 0.269 e. The number of rotatable bonds is 12. The Morgan fingerprint density at radius 1 is 1.12 bits per heavy atom. The minimum Gasteiger partial charge on any atom is -0.354 e. The number of hydrogen-bond acceptors (Lipinski definition) is 5. The van der Waals surface area contributed by atoms with Crippen LogP contribution in [0.15, 0.2) is 48.5 Å². The molecule has 178 valence electrons. The van der Waals surface area contributed by atoms with Gasteiger partial charge in [0.1, 0.15) is 6.04 Å². The normalized spacial score (nSPS) is 11.8. The maximum atomic E-state index is 13.3. The fourth-order valence-corrected chi connectivity index (χ4v) is 4.24. The quantitative estimate of drug-likeness (QED) is 0.357. The van der Waals surface area contributed by atoms with Gasteiger partial charge in [0.15, 0.2) is 0 Å². The second kappa shape index (κ2) is 13.0. The Hall–Kier alpha value is -2.87. The topological polar surface area (TPSA) is 92.6 Å². The molecule has 8 heteroatoms. The van der Waals surface area contributed by atoms with Gasteiger partial charge in [-0.1, -0.05) is 57.2 Å². The van der Waals surface area contributed by atoms with Gasteiger partial charge in [-0.05, 0) is 36.0 Å². The van der Waals surface area contributed by atoms with E-state index in [4.69, 9.17) is 0 Å². The molecule has 1 atom stereocenters. The number of nitrogens with one attached hydrogen (secondary N) is 1. The molecule has 0 spiro atoms. The average Bonchev–Trinajstić information content (AvgIpc) is 2.79. The summed E-state index contributed by atoms with van der Waals surface area (Å²) in [6, 6.07) is 13.7. The smallest absolute Gasteiger partial charge is 0.269 e. The summed E-state index contributed by atoms with van der Waals surface area (Å²) in [6.45, 7) is 8.93. The second-order valence-corrected chi connectivity index (χ2v) is 9.41. The molecule has 2 aromatic rings. The summed E-state index contributed by atoms with van der Waals surface area (Å²) in [5.74, 6) is 0.865. The van der Waals surface area contributed by atoms with Gasteiger partial charge < -0.3 is 10.2 Å². The van der Waals surface area contributed by atoms with Crippen LogP contribution in [0.5, 0.6) is 0 Å². The molecule has 2 rings (SSSR count). The van der Waals surface area contributed by atoms with Gasteiger partial charge in [-0.15, -0.1) is 11.8 Å². The third-order valence-corrected chi connectivity index (χ3v) is 6.30. The lowest BCUT2D eigenvalue weighted by Crippen LogP contribution is -2.50. The lowest BCUT2D eigenvalue weighted by atomic mass is 10.1. The van der Waals surface area contributed by atoms with E-state index in [0.717, 1.165) is 16.7 Å². The monoisotopic (exact) mass is 471 g/mol. The van der Waals surface area contributed by atoms with E-state index in [1.165, 1.54) is 23.9 Å². The predicted molar refractivity (Wildman–Crippen MR) is 133 cm³/mol. The molecule has 33 heavy (non-hydrogen) atoms. The minimum absolute atomic E-state index is 0.0439. The largest absolute Gasteiger partial charge is 0.354 e. The van der Waals surface area contributed by atoms with Crippen LogP contribution in [0, 0.1) is 23.0 Å². The standard InChI is InChI=1S/C25H33N3O4S/c1-5-23(25(30)26-14-18(2)3)27(15-21-9-7-6-8-19(21)4)24(29)17-33-16-20-10-12-22(13-11-20)28(31)32/h6-13,18,23H,5,14-17H2,1-4H3,(H,26,30)/t23-/m1/s1. The first-order chi connectivity index (χ1) is 15.7. The van der Waals surface area contributed by atoms with E-state index < -0.39 is 11.0 Å². The molecule has 0 unspecified atom stereocenters. The van der Waals surface area contributed by atoms with E-state index in [1.54, 1.807) is 17.0 Å². The molecular weight excluding hydrogens is 438 g/mol. The van der Waals surface area contributed by atoms with Gasteiger partial charge in [0.2, 0.25) is 11.8 Å². The fourth-order valence-electron chi connectivity index (χ4n) is 3.37. The number of benzene rings is 2. The molecule has 2 amide bonds. The number of non-ortho nitro benzene ring substituents is 1. The van der Waals surface area contributed by atoms with Gasteiger partial charge >= 0.3 is 0 Å². The Kier molecular flexibility index (Phi) is 10.4. The van der Waals surface area contributed by atoms with Crippen molar-refractivity contribution in [3.05, 3.63) is 75.3 Å². The highest BCUT2D eigenvalue weighted by molar-refractivity contribution is 7.99. The van der Waals surface area contributed by atoms with Crippen molar-refractivity contribution in [3.63, 3.8) is 0 Å². The van der Waals surface area contributed by atoms with Gasteiger partial charge in [0, 0.05) is 31.0 Å². The van der Waals surface area contributed by atoms with Crippen LogP contribution in [0.1, 0.15) is 43.9 Å². The first-order valence-electron chi connectivity index (χ1n) is 11.2. The van der Waals surface area contributed by atoms with Crippen LogP contribution in [0.4, 0.5) is 5.69 Å².